The van der Waals surface area contributed by atoms with Crippen LogP contribution >= 0.6 is 0 Å². The van der Waals surface area contributed by atoms with Gasteiger partial charge in [0.25, 0.3) is 5.91 Å². The van der Waals surface area contributed by atoms with Crippen LogP contribution in [0.25, 0.3) is 0 Å². The van der Waals surface area contributed by atoms with E-state index >= 15 is 0 Å². The first kappa shape index (κ1) is 13.6. The van der Waals surface area contributed by atoms with Crippen LogP contribution in [0.2, 0.25) is 0 Å². The number of sulfone groups is 1. The number of amides is 1. The molecule has 3 heterocycles. The number of fused-ring (bicyclic) bond motifs is 1. The maximum absolute atomic E-state index is 12.6. The van der Waals surface area contributed by atoms with Gasteiger partial charge in [0.2, 0.25) is 0 Å². The van der Waals surface area contributed by atoms with Crippen molar-refractivity contribution in [3.05, 3.63) is 17.0 Å². The summed E-state index contributed by atoms with van der Waals surface area (Å²) >= 11 is 0. The van der Waals surface area contributed by atoms with E-state index in [9.17, 15) is 13.2 Å². The molecule has 6 nitrogen and oxygen atoms in total. The number of hydrogen-bond acceptors (Lipinski definition) is 4. The van der Waals surface area contributed by atoms with E-state index in [0.717, 1.165) is 31.5 Å². The van der Waals surface area contributed by atoms with Crippen molar-refractivity contribution in [1.82, 2.24) is 15.1 Å². The third kappa shape index (κ3) is 2.34. The number of aromatic nitrogens is 2. The highest BCUT2D eigenvalue weighted by Gasteiger charge is 2.32. The van der Waals surface area contributed by atoms with Crippen molar-refractivity contribution in [3.8, 4) is 0 Å². The van der Waals surface area contributed by atoms with Crippen molar-refractivity contribution in [2.45, 2.75) is 44.4 Å². The van der Waals surface area contributed by atoms with E-state index < -0.39 is 9.84 Å². The molecule has 110 valence electrons. The maximum atomic E-state index is 12.6. The van der Waals surface area contributed by atoms with Crippen molar-refractivity contribution >= 4 is 15.7 Å². The number of carbonyl (C=O) groups excluding carboxylic acids is 1. The van der Waals surface area contributed by atoms with E-state index in [1.807, 2.05) is 11.8 Å². The van der Waals surface area contributed by atoms with Crippen LogP contribution in [-0.2, 0) is 22.0 Å². The molecule has 1 atom stereocenters. The Labute approximate surface area is 118 Å². The standard InChI is InChI=1S/C13H19N3O3S/c1-9-4-2-3-6-16(9)13(17)12-10-8-20(18,19)7-5-11(10)14-15-12/h9H,2-8H2,1H3,(H,14,15)/t9-/m1/s1. The number of nitrogens with zero attached hydrogens (tertiary/aromatic N) is 2. The summed E-state index contributed by atoms with van der Waals surface area (Å²) in [6.45, 7) is 2.77. The van der Waals surface area contributed by atoms with E-state index in [0.29, 0.717) is 17.7 Å². The van der Waals surface area contributed by atoms with Crippen LogP contribution in [0.4, 0.5) is 0 Å². The van der Waals surface area contributed by atoms with Crippen molar-refractivity contribution in [1.29, 1.82) is 0 Å². The SMILES string of the molecule is C[C@@H]1CCCCN1C(=O)c1n[nH]c2c1CS(=O)(=O)CC2. The maximum Gasteiger partial charge on any atom is 0.274 e. The number of hydrogen-bond donors (Lipinski definition) is 1. The Balaban J connectivity index is 1.91. The number of carbonyl (C=O) groups is 1. The summed E-state index contributed by atoms with van der Waals surface area (Å²) < 4.78 is 23.5. The molecule has 0 saturated carbocycles. The topological polar surface area (TPSA) is 83.1 Å². The largest absolute Gasteiger partial charge is 0.335 e. The van der Waals surface area contributed by atoms with Gasteiger partial charge in [-0.05, 0) is 26.2 Å². The quantitative estimate of drug-likeness (QED) is 0.834. The number of likely N-dealkylation sites (tertiary alicyclic amines) is 1. The minimum atomic E-state index is -3.10. The lowest BCUT2D eigenvalue weighted by molar-refractivity contribution is 0.0628. The van der Waals surface area contributed by atoms with Crippen LogP contribution in [0, 0.1) is 0 Å². The first-order chi connectivity index (χ1) is 9.48. The van der Waals surface area contributed by atoms with Crippen molar-refractivity contribution in [3.63, 3.8) is 0 Å². The lowest BCUT2D eigenvalue weighted by Crippen LogP contribution is -2.42. The first-order valence-electron chi connectivity index (χ1n) is 7.05. The van der Waals surface area contributed by atoms with E-state index in [2.05, 4.69) is 10.2 Å². The molecule has 1 aromatic heterocycles. The summed E-state index contributed by atoms with van der Waals surface area (Å²) in [7, 11) is -3.10. The van der Waals surface area contributed by atoms with Crippen LogP contribution in [0.15, 0.2) is 0 Å². The summed E-state index contributed by atoms with van der Waals surface area (Å²) in [6, 6.07) is 0.198. The Kier molecular flexibility index (Phi) is 3.32. The normalized spacial score (nSPS) is 25.2. The number of aryl methyl sites for hydroxylation is 1. The Hall–Kier alpha value is -1.37. The minimum absolute atomic E-state index is 0.0673. The van der Waals surface area contributed by atoms with Crippen LogP contribution in [-0.4, -0.2) is 47.8 Å². The monoisotopic (exact) mass is 297 g/mol. The number of H-pyrrole nitrogens is 1. The summed E-state index contributed by atoms with van der Waals surface area (Å²) in [6.07, 6.45) is 3.56. The molecule has 1 N–H and O–H groups in total. The van der Waals surface area contributed by atoms with Crippen LogP contribution in [0.3, 0.4) is 0 Å². The fourth-order valence-electron chi connectivity index (χ4n) is 3.03. The molecule has 2 aliphatic heterocycles. The second-order valence-electron chi connectivity index (χ2n) is 5.71. The van der Waals surface area contributed by atoms with Gasteiger partial charge in [0.05, 0.1) is 11.5 Å². The number of piperidine rings is 1. The molecule has 0 aliphatic carbocycles. The van der Waals surface area contributed by atoms with Crippen LogP contribution in [0.5, 0.6) is 0 Å². The molecule has 0 aromatic carbocycles. The van der Waals surface area contributed by atoms with E-state index in [1.54, 1.807) is 0 Å². The van der Waals surface area contributed by atoms with Gasteiger partial charge in [0.1, 0.15) is 0 Å². The lowest BCUT2D eigenvalue weighted by atomic mass is 10.0. The van der Waals surface area contributed by atoms with Crippen molar-refractivity contribution < 1.29 is 13.2 Å². The summed E-state index contributed by atoms with van der Waals surface area (Å²) in [5.41, 5.74) is 1.68. The molecule has 0 spiro atoms. The second-order valence-corrected chi connectivity index (χ2v) is 7.90. The highest BCUT2D eigenvalue weighted by molar-refractivity contribution is 7.90. The molecule has 1 fully saturated rings. The fraction of sp³-hybridized carbons (Fsp3) is 0.692. The molecule has 2 aliphatic rings. The van der Waals surface area contributed by atoms with Gasteiger partial charge >= 0.3 is 0 Å². The Morgan fingerprint density at radius 3 is 2.95 bits per heavy atom. The summed E-state index contributed by atoms with van der Waals surface area (Å²) in [5.74, 6) is -0.0651. The Morgan fingerprint density at radius 1 is 1.40 bits per heavy atom. The molecule has 1 saturated heterocycles. The number of aromatic amines is 1. The molecular formula is C13H19N3O3S. The van der Waals surface area contributed by atoms with E-state index in [4.69, 9.17) is 0 Å². The Morgan fingerprint density at radius 2 is 2.20 bits per heavy atom. The highest BCUT2D eigenvalue weighted by Crippen LogP contribution is 2.25. The minimum Gasteiger partial charge on any atom is -0.335 e. The van der Waals surface area contributed by atoms with Gasteiger partial charge in [-0.2, -0.15) is 5.10 Å². The zero-order valence-corrected chi connectivity index (χ0v) is 12.4. The first-order valence-corrected chi connectivity index (χ1v) is 8.87. The molecule has 1 aromatic rings. The third-order valence-corrected chi connectivity index (χ3v) is 5.80. The molecule has 20 heavy (non-hydrogen) atoms. The van der Waals surface area contributed by atoms with Crippen LogP contribution in [0.1, 0.15) is 47.9 Å². The van der Waals surface area contributed by atoms with Crippen LogP contribution < -0.4 is 0 Å². The van der Waals surface area contributed by atoms with Gasteiger partial charge in [-0.15, -0.1) is 0 Å². The van der Waals surface area contributed by atoms with E-state index in [-0.39, 0.29) is 23.5 Å². The van der Waals surface area contributed by atoms with Gasteiger partial charge in [0.15, 0.2) is 15.5 Å². The number of nitrogens with one attached hydrogen (secondary N) is 1. The average Bonchev–Trinajstić information content (AvgIpc) is 2.80. The fourth-order valence-corrected chi connectivity index (χ4v) is 4.44. The predicted octanol–water partition coefficient (Wildman–Crippen LogP) is 0.895. The number of rotatable bonds is 1. The predicted molar refractivity (Wildman–Crippen MR) is 74.1 cm³/mol. The Bertz CT molecular complexity index is 635. The smallest absolute Gasteiger partial charge is 0.274 e. The summed E-state index contributed by atoms with van der Waals surface area (Å²) in [5, 5.41) is 6.93. The molecule has 1 amide bonds. The lowest BCUT2D eigenvalue weighted by Gasteiger charge is -2.33. The second kappa shape index (κ2) is 4.87. The molecule has 0 unspecified atom stereocenters. The molecular weight excluding hydrogens is 278 g/mol. The van der Waals surface area contributed by atoms with Gasteiger partial charge in [0, 0.05) is 30.3 Å². The third-order valence-electron chi connectivity index (χ3n) is 4.25. The van der Waals surface area contributed by atoms with Crippen molar-refractivity contribution in [2.75, 3.05) is 12.3 Å². The zero-order valence-electron chi connectivity index (χ0n) is 11.6. The molecule has 7 heteroatoms. The van der Waals surface area contributed by atoms with Crippen molar-refractivity contribution in [2.24, 2.45) is 0 Å². The van der Waals surface area contributed by atoms with Gasteiger partial charge in [-0.25, -0.2) is 8.42 Å². The van der Waals surface area contributed by atoms with E-state index in [1.165, 1.54) is 0 Å². The van der Waals surface area contributed by atoms with Gasteiger partial charge in [-0.1, -0.05) is 0 Å². The summed E-state index contributed by atoms with van der Waals surface area (Å²) in [4.78, 5) is 14.4. The van der Waals surface area contributed by atoms with Gasteiger partial charge in [-0.3, -0.25) is 9.89 Å². The highest BCUT2D eigenvalue weighted by atomic mass is 32.2. The molecule has 0 bridgehead atoms. The average molecular weight is 297 g/mol. The molecule has 3 rings (SSSR count). The molecule has 0 radical (unpaired) electrons. The zero-order chi connectivity index (χ0) is 14.3. The van der Waals surface area contributed by atoms with Gasteiger partial charge < -0.3 is 4.90 Å².